The minimum atomic E-state index is -3.23. The first-order valence-corrected chi connectivity index (χ1v) is 11.0. The third-order valence-corrected chi connectivity index (χ3v) is 6.25. The second-order valence-corrected chi connectivity index (χ2v) is 9.02. The van der Waals surface area contributed by atoms with E-state index in [1.165, 1.54) is 6.26 Å². The molecule has 0 saturated carbocycles. The van der Waals surface area contributed by atoms with E-state index in [0.717, 1.165) is 23.3 Å². The Kier molecular flexibility index (Phi) is 5.93. The van der Waals surface area contributed by atoms with Gasteiger partial charge in [0, 0.05) is 30.8 Å². The van der Waals surface area contributed by atoms with Crippen LogP contribution in [0.25, 0.3) is 0 Å². The van der Waals surface area contributed by atoms with Crippen LogP contribution < -0.4 is 9.47 Å². The summed E-state index contributed by atoms with van der Waals surface area (Å²) < 4.78 is 34.0. The highest BCUT2D eigenvalue weighted by Crippen LogP contribution is 2.39. The van der Waals surface area contributed by atoms with Gasteiger partial charge in [0.2, 0.25) is 5.91 Å². The van der Waals surface area contributed by atoms with Gasteiger partial charge in [-0.15, -0.1) is 0 Å². The summed E-state index contributed by atoms with van der Waals surface area (Å²) >= 11 is 0. The van der Waals surface area contributed by atoms with E-state index in [4.69, 9.17) is 9.47 Å². The Balaban J connectivity index is 1.68. The maximum absolute atomic E-state index is 12.7. The fourth-order valence-corrected chi connectivity index (χ4v) is 4.25. The van der Waals surface area contributed by atoms with E-state index in [1.807, 2.05) is 23.1 Å². The van der Waals surface area contributed by atoms with E-state index in [0.29, 0.717) is 18.8 Å². The Morgan fingerprint density at radius 2 is 1.82 bits per heavy atom. The predicted molar refractivity (Wildman–Crippen MR) is 107 cm³/mol. The number of carbonyl (C=O) groups is 1. The van der Waals surface area contributed by atoms with Crippen LogP contribution >= 0.6 is 0 Å². The lowest BCUT2D eigenvalue weighted by Gasteiger charge is -2.19. The van der Waals surface area contributed by atoms with Gasteiger partial charge in [0.25, 0.3) is 0 Å². The number of rotatable bonds is 6. The van der Waals surface area contributed by atoms with E-state index in [1.54, 1.807) is 38.5 Å². The molecule has 1 heterocycles. The molecule has 1 atom stereocenters. The molecule has 2 aromatic carbocycles. The zero-order valence-electron chi connectivity index (χ0n) is 16.3. The molecule has 1 amide bonds. The van der Waals surface area contributed by atoms with E-state index >= 15 is 0 Å². The molecule has 1 aliphatic rings. The summed E-state index contributed by atoms with van der Waals surface area (Å²) in [5, 5.41) is 0. The second-order valence-electron chi connectivity index (χ2n) is 7.00. The zero-order valence-corrected chi connectivity index (χ0v) is 17.2. The summed E-state index contributed by atoms with van der Waals surface area (Å²) in [7, 11) is 0.00516. The van der Waals surface area contributed by atoms with Crippen molar-refractivity contribution in [1.82, 2.24) is 4.90 Å². The molecule has 2 aromatic rings. The van der Waals surface area contributed by atoms with Crippen molar-refractivity contribution in [3.8, 4) is 11.5 Å². The average molecular weight is 404 g/mol. The molecule has 28 heavy (non-hydrogen) atoms. The molecular weight excluding hydrogens is 378 g/mol. The quantitative estimate of drug-likeness (QED) is 0.741. The summed E-state index contributed by atoms with van der Waals surface area (Å²) in [6.07, 6.45) is 2.29. The molecule has 6 nitrogen and oxygen atoms in total. The third kappa shape index (κ3) is 4.30. The van der Waals surface area contributed by atoms with Crippen molar-refractivity contribution in [2.75, 3.05) is 33.6 Å². The smallest absolute Gasteiger partial charge is 0.227 e. The molecule has 0 spiro atoms. The van der Waals surface area contributed by atoms with Crippen molar-refractivity contribution in [3.05, 3.63) is 53.6 Å². The van der Waals surface area contributed by atoms with Crippen molar-refractivity contribution in [2.24, 2.45) is 0 Å². The summed E-state index contributed by atoms with van der Waals surface area (Å²) in [5.41, 5.74) is 1.86. The molecule has 150 valence electrons. The fourth-order valence-electron chi connectivity index (χ4n) is 3.62. The van der Waals surface area contributed by atoms with E-state index < -0.39 is 9.84 Å². The average Bonchev–Trinajstić information content (AvgIpc) is 3.17. The lowest BCUT2D eigenvalue weighted by molar-refractivity contribution is -0.129. The topological polar surface area (TPSA) is 72.9 Å². The minimum absolute atomic E-state index is 0.0384. The van der Waals surface area contributed by atoms with Crippen molar-refractivity contribution < 1.29 is 22.7 Å². The number of sulfone groups is 1. The number of nitrogens with zero attached hydrogens (tertiary/aromatic N) is 1. The Hall–Kier alpha value is -2.54. The number of carbonyl (C=O) groups excluding carboxylic acids is 1. The first-order chi connectivity index (χ1) is 13.3. The number of benzene rings is 2. The predicted octanol–water partition coefficient (Wildman–Crippen LogP) is 2.67. The number of amides is 1. The summed E-state index contributed by atoms with van der Waals surface area (Å²) in [6, 6.07) is 12.3. The number of hydrogen-bond donors (Lipinski definition) is 0. The van der Waals surface area contributed by atoms with Crippen LogP contribution in [0.1, 0.15) is 23.5 Å². The maximum Gasteiger partial charge on any atom is 0.227 e. The van der Waals surface area contributed by atoms with Gasteiger partial charge in [-0.1, -0.05) is 24.3 Å². The SMILES string of the molecule is COc1cccc(C2CCN(C(=O)Cc3ccc(S(C)(=O)=O)cc3)C2)c1OC. The van der Waals surface area contributed by atoms with Crippen LogP contribution in [-0.4, -0.2) is 52.8 Å². The third-order valence-electron chi connectivity index (χ3n) is 5.12. The van der Waals surface area contributed by atoms with E-state index in [2.05, 4.69) is 0 Å². The highest BCUT2D eigenvalue weighted by atomic mass is 32.2. The number of ether oxygens (including phenoxy) is 2. The maximum atomic E-state index is 12.7. The highest BCUT2D eigenvalue weighted by Gasteiger charge is 2.30. The first kappa shape index (κ1) is 20.2. The zero-order chi connectivity index (χ0) is 20.3. The van der Waals surface area contributed by atoms with Crippen molar-refractivity contribution in [3.63, 3.8) is 0 Å². The van der Waals surface area contributed by atoms with Crippen LogP contribution in [0, 0.1) is 0 Å². The van der Waals surface area contributed by atoms with Gasteiger partial charge in [0.05, 0.1) is 25.5 Å². The van der Waals surface area contributed by atoms with Gasteiger partial charge in [-0.2, -0.15) is 0 Å². The van der Waals surface area contributed by atoms with Gasteiger partial charge in [0.15, 0.2) is 21.3 Å². The van der Waals surface area contributed by atoms with E-state index in [-0.39, 0.29) is 23.1 Å². The molecule has 0 aromatic heterocycles. The van der Waals surface area contributed by atoms with Crippen LogP contribution in [0.5, 0.6) is 11.5 Å². The normalized spacial score (nSPS) is 16.8. The van der Waals surface area contributed by atoms with Crippen LogP contribution in [-0.2, 0) is 21.1 Å². The lowest BCUT2D eigenvalue weighted by Crippen LogP contribution is -2.29. The van der Waals surface area contributed by atoms with Crippen molar-refractivity contribution >= 4 is 15.7 Å². The van der Waals surface area contributed by atoms with Crippen molar-refractivity contribution in [2.45, 2.75) is 23.7 Å². The standard InChI is InChI=1S/C21H25NO5S/c1-26-19-6-4-5-18(21(19)27-2)16-11-12-22(14-16)20(23)13-15-7-9-17(10-8-15)28(3,24)25/h4-10,16H,11-14H2,1-3H3. The summed E-state index contributed by atoms with van der Waals surface area (Å²) in [6.45, 7) is 1.31. The summed E-state index contributed by atoms with van der Waals surface area (Å²) in [5.74, 6) is 1.65. The van der Waals surface area contributed by atoms with Gasteiger partial charge >= 0.3 is 0 Å². The van der Waals surface area contributed by atoms with Crippen LogP contribution in [0.3, 0.4) is 0 Å². The molecule has 1 aliphatic heterocycles. The second kappa shape index (κ2) is 8.22. The molecule has 0 bridgehead atoms. The Morgan fingerprint density at radius 3 is 2.43 bits per heavy atom. The minimum Gasteiger partial charge on any atom is -0.493 e. The molecule has 0 radical (unpaired) electrons. The molecule has 1 fully saturated rings. The highest BCUT2D eigenvalue weighted by molar-refractivity contribution is 7.90. The summed E-state index contributed by atoms with van der Waals surface area (Å²) in [4.78, 5) is 14.8. The van der Waals surface area contributed by atoms with Crippen LogP contribution in [0.4, 0.5) is 0 Å². The van der Waals surface area contributed by atoms with Crippen molar-refractivity contribution in [1.29, 1.82) is 0 Å². The fraction of sp³-hybridized carbons (Fsp3) is 0.381. The Labute approximate surface area is 166 Å². The molecular formula is C21H25NO5S. The van der Waals surface area contributed by atoms with Gasteiger partial charge in [-0.25, -0.2) is 8.42 Å². The van der Waals surface area contributed by atoms with Gasteiger partial charge in [0.1, 0.15) is 0 Å². The molecule has 0 aliphatic carbocycles. The van der Waals surface area contributed by atoms with Crippen LogP contribution in [0.15, 0.2) is 47.4 Å². The van der Waals surface area contributed by atoms with E-state index in [9.17, 15) is 13.2 Å². The monoisotopic (exact) mass is 403 g/mol. The Morgan fingerprint density at radius 1 is 1.11 bits per heavy atom. The number of methoxy groups -OCH3 is 2. The molecule has 1 saturated heterocycles. The van der Waals surface area contributed by atoms with Gasteiger partial charge < -0.3 is 14.4 Å². The Bertz CT molecular complexity index is 953. The van der Waals surface area contributed by atoms with Crippen LogP contribution in [0.2, 0.25) is 0 Å². The number of hydrogen-bond acceptors (Lipinski definition) is 5. The van der Waals surface area contributed by atoms with Gasteiger partial charge in [-0.05, 0) is 30.2 Å². The molecule has 1 unspecified atom stereocenters. The lowest BCUT2D eigenvalue weighted by atomic mass is 9.97. The number of para-hydroxylation sites is 1. The molecule has 7 heteroatoms. The molecule has 0 N–H and O–H groups in total. The largest absolute Gasteiger partial charge is 0.493 e. The first-order valence-electron chi connectivity index (χ1n) is 9.11. The number of likely N-dealkylation sites (tertiary alicyclic amines) is 1. The van der Waals surface area contributed by atoms with Gasteiger partial charge in [-0.3, -0.25) is 4.79 Å². The molecule has 3 rings (SSSR count).